The van der Waals surface area contributed by atoms with Gasteiger partial charge in [0.1, 0.15) is 5.75 Å². The summed E-state index contributed by atoms with van der Waals surface area (Å²) in [7, 11) is 0. The summed E-state index contributed by atoms with van der Waals surface area (Å²) in [6.07, 6.45) is 3.06. The van der Waals surface area contributed by atoms with E-state index in [1.165, 1.54) is 12.8 Å². The van der Waals surface area contributed by atoms with E-state index in [0.29, 0.717) is 12.0 Å². The average molecular weight is 247 g/mol. The minimum Gasteiger partial charge on any atom is -0.508 e. The number of Topliss-reactive ketones (excluding diaryl/α,β-unsaturated/α-hetero) is 1. The van der Waals surface area contributed by atoms with Gasteiger partial charge in [-0.3, -0.25) is 4.79 Å². The molecule has 0 atom stereocenters. The number of carbonyl (C=O) groups is 1. The summed E-state index contributed by atoms with van der Waals surface area (Å²) in [5.41, 5.74) is 0.693. The molecule has 0 aliphatic carbocycles. The Morgan fingerprint density at radius 3 is 2.50 bits per heavy atom. The van der Waals surface area contributed by atoms with Crippen molar-refractivity contribution in [1.82, 2.24) is 4.90 Å². The summed E-state index contributed by atoms with van der Waals surface area (Å²) in [5, 5.41) is 9.18. The van der Waals surface area contributed by atoms with Crippen LogP contribution in [0, 0.1) is 5.92 Å². The first-order chi connectivity index (χ1) is 8.65. The zero-order valence-corrected chi connectivity index (χ0v) is 10.9. The molecular formula is C15H21NO2. The Balaban J connectivity index is 1.79. The topological polar surface area (TPSA) is 40.5 Å². The van der Waals surface area contributed by atoms with E-state index in [9.17, 15) is 9.90 Å². The third-order valence-electron chi connectivity index (χ3n) is 3.72. The number of piperidine rings is 1. The fourth-order valence-corrected chi connectivity index (χ4v) is 2.34. The Hall–Kier alpha value is -1.35. The number of likely N-dealkylation sites (tertiary alicyclic amines) is 1. The number of benzene rings is 1. The highest BCUT2D eigenvalue weighted by Crippen LogP contribution is 2.17. The first kappa shape index (κ1) is 13.1. The predicted molar refractivity (Wildman–Crippen MR) is 71.9 cm³/mol. The molecule has 2 rings (SSSR count). The number of carbonyl (C=O) groups excluding carboxylic acids is 1. The SMILES string of the molecule is CC1CCN(CCC(=O)c2ccc(O)cc2)CC1. The second-order valence-electron chi connectivity index (χ2n) is 5.24. The van der Waals surface area contributed by atoms with Crippen LogP contribution < -0.4 is 0 Å². The van der Waals surface area contributed by atoms with Gasteiger partial charge in [0.15, 0.2) is 5.78 Å². The average Bonchev–Trinajstić information content (AvgIpc) is 2.38. The number of hydrogen-bond donors (Lipinski definition) is 1. The maximum atomic E-state index is 12.0. The minimum absolute atomic E-state index is 0.161. The number of aromatic hydroxyl groups is 1. The number of nitrogens with zero attached hydrogens (tertiary/aromatic N) is 1. The molecule has 0 saturated carbocycles. The third kappa shape index (κ3) is 3.57. The van der Waals surface area contributed by atoms with Gasteiger partial charge in [0.2, 0.25) is 0 Å². The fourth-order valence-electron chi connectivity index (χ4n) is 2.34. The molecule has 3 nitrogen and oxygen atoms in total. The van der Waals surface area contributed by atoms with Crippen molar-refractivity contribution in [3.63, 3.8) is 0 Å². The quantitative estimate of drug-likeness (QED) is 0.832. The van der Waals surface area contributed by atoms with Gasteiger partial charge < -0.3 is 10.0 Å². The Labute approximate surface area is 108 Å². The zero-order chi connectivity index (χ0) is 13.0. The second-order valence-corrected chi connectivity index (χ2v) is 5.24. The van der Waals surface area contributed by atoms with E-state index in [2.05, 4.69) is 11.8 Å². The molecule has 0 unspecified atom stereocenters. The van der Waals surface area contributed by atoms with Gasteiger partial charge in [0, 0.05) is 18.5 Å². The van der Waals surface area contributed by atoms with Crippen molar-refractivity contribution in [2.24, 2.45) is 5.92 Å². The van der Waals surface area contributed by atoms with Crippen LogP contribution in [-0.4, -0.2) is 35.4 Å². The minimum atomic E-state index is 0.161. The molecule has 0 aromatic heterocycles. The second kappa shape index (κ2) is 6.01. The first-order valence-corrected chi connectivity index (χ1v) is 6.70. The van der Waals surface area contributed by atoms with E-state index in [-0.39, 0.29) is 11.5 Å². The summed E-state index contributed by atoms with van der Waals surface area (Å²) < 4.78 is 0. The van der Waals surface area contributed by atoms with E-state index in [4.69, 9.17) is 0 Å². The highest BCUT2D eigenvalue weighted by atomic mass is 16.3. The van der Waals surface area contributed by atoms with Crippen molar-refractivity contribution in [2.45, 2.75) is 26.2 Å². The van der Waals surface area contributed by atoms with Gasteiger partial charge in [-0.15, -0.1) is 0 Å². The molecule has 0 bridgehead atoms. The summed E-state index contributed by atoms with van der Waals surface area (Å²) >= 11 is 0. The first-order valence-electron chi connectivity index (χ1n) is 6.70. The summed E-state index contributed by atoms with van der Waals surface area (Å²) in [4.78, 5) is 14.3. The Bertz CT molecular complexity index is 391. The smallest absolute Gasteiger partial charge is 0.164 e. The van der Waals surface area contributed by atoms with Crippen LogP contribution in [0.1, 0.15) is 36.5 Å². The highest BCUT2D eigenvalue weighted by Gasteiger charge is 2.16. The molecule has 1 aromatic carbocycles. The molecule has 1 saturated heterocycles. The van der Waals surface area contributed by atoms with Crippen LogP contribution in [0.15, 0.2) is 24.3 Å². The van der Waals surface area contributed by atoms with Crippen molar-refractivity contribution in [3.05, 3.63) is 29.8 Å². The molecule has 0 amide bonds. The maximum absolute atomic E-state index is 12.0. The van der Waals surface area contributed by atoms with Crippen LogP contribution in [0.25, 0.3) is 0 Å². The molecule has 1 heterocycles. The Morgan fingerprint density at radius 2 is 1.89 bits per heavy atom. The standard InChI is InChI=1S/C15H21NO2/c1-12-6-9-16(10-7-12)11-8-15(18)13-2-4-14(17)5-3-13/h2-5,12,17H,6-11H2,1H3. The van der Waals surface area contributed by atoms with Gasteiger partial charge >= 0.3 is 0 Å². The lowest BCUT2D eigenvalue weighted by Crippen LogP contribution is -2.34. The monoisotopic (exact) mass is 247 g/mol. The van der Waals surface area contributed by atoms with Crippen LogP contribution in [0.4, 0.5) is 0 Å². The van der Waals surface area contributed by atoms with Crippen LogP contribution in [0.3, 0.4) is 0 Å². The lowest BCUT2D eigenvalue weighted by atomic mass is 9.99. The molecular weight excluding hydrogens is 226 g/mol. The molecule has 1 aliphatic heterocycles. The molecule has 1 N–H and O–H groups in total. The molecule has 1 aromatic rings. The van der Waals surface area contributed by atoms with E-state index in [0.717, 1.165) is 25.6 Å². The molecule has 0 spiro atoms. The summed E-state index contributed by atoms with van der Waals surface area (Å²) in [6, 6.07) is 6.51. The van der Waals surface area contributed by atoms with Crippen molar-refractivity contribution in [1.29, 1.82) is 0 Å². The Kier molecular flexibility index (Phi) is 4.37. The number of ketones is 1. The molecule has 1 fully saturated rings. The van der Waals surface area contributed by atoms with Crippen molar-refractivity contribution < 1.29 is 9.90 Å². The van der Waals surface area contributed by atoms with Gasteiger partial charge in [-0.2, -0.15) is 0 Å². The predicted octanol–water partition coefficient (Wildman–Crippen LogP) is 2.70. The molecule has 0 radical (unpaired) electrons. The summed E-state index contributed by atoms with van der Waals surface area (Å²) in [6.45, 7) is 5.37. The highest BCUT2D eigenvalue weighted by molar-refractivity contribution is 5.96. The summed E-state index contributed by atoms with van der Waals surface area (Å²) in [5.74, 6) is 1.19. The van der Waals surface area contributed by atoms with Crippen LogP contribution in [0.2, 0.25) is 0 Å². The van der Waals surface area contributed by atoms with Crippen molar-refractivity contribution >= 4 is 5.78 Å². The van der Waals surface area contributed by atoms with E-state index < -0.39 is 0 Å². The van der Waals surface area contributed by atoms with Gasteiger partial charge in [0.05, 0.1) is 0 Å². The molecule has 18 heavy (non-hydrogen) atoms. The normalized spacial score (nSPS) is 17.8. The lowest BCUT2D eigenvalue weighted by Gasteiger charge is -2.29. The largest absolute Gasteiger partial charge is 0.508 e. The van der Waals surface area contributed by atoms with Crippen molar-refractivity contribution in [2.75, 3.05) is 19.6 Å². The maximum Gasteiger partial charge on any atom is 0.164 e. The zero-order valence-electron chi connectivity index (χ0n) is 10.9. The van der Waals surface area contributed by atoms with E-state index >= 15 is 0 Å². The molecule has 1 aliphatic rings. The lowest BCUT2D eigenvalue weighted by molar-refractivity contribution is 0.0953. The number of rotatable bonds is 4. The number of phenolic OH excluding ortho intramolecular Hbond substituents is 1. The van der Waals surface area contributed by atoms with Crippen LogP contribution in [0.5, 0.6) is 5.75 Å². The van der Waals surface area contributed by atoms with Crippen molar-refractivity contribution in [3.8, 4) is 5.75 Å². The van der Waals surface area contributed by atoms with E-state index in [1.807, 2.05) is 0 Å². The van der Waals surface area contributed by atoms with Crippen LogP contribution in [-0.2, 0) is 0 Å². The van der Waals surface area contributed by atoms with Crippen LogP contribution >= 0.6 is 0 Å². The molecule has 3 heteroatoms. The molecule has 98 valence electrons. The van der Waals surface area contributed by atoms with E-state index in [1.54, 1.807) is 24.3 Å². The van der Waals surface area contributed by atoms with Gasteiger partial charge in [-0.25, -0.2) is 0 Å². The third-order valence-corrected chi connectivity index (χ3v) is 3.72. The Morgan fingerprint density at radius 1 is 1.28 bits per heavy atom. The van der Waals surface area contributed by atoms with Gasteiger partial charge in [-0.05, 0) is 56.1 Å². The van der Waals surface area contributed by atoms with Gasteiger partial charge in [0.25, 0.3) is 0 Å². The number of hydrogen-bond acceptors (Lipinski definition) is 3. The number of phenols is 1. The fraction of sp³-hybridized carbons (Fsp3) is 0.533. The van der Waals surface area contributed by atoms with Gasteiger partial charge in [-0.1, -0.05) is 6.92 Å².